The van der Waals surface area contributed by atoms with Crippen molar-refractivity contribution in [3.05, 3.63) is 0 Å². The molecule has 0 radical (unpaired) electrons. The Kier molecular flexibility index (Phi) is 67.4. The highest BCUT2D eigenvalue weighted by atomic mass is 31.2. The minimum Gasteiger partial charge on any atom is -0.462 e. The highest BCUT2D eigenvalue weighted by molar-refractivity contribution is 7.47. The van der Waals surface area contributed by atoms with Gasteiger partial charge in [0.05, 0.1) is 26.4 Å². The third kappa shape index (κ3) is 70.5. The molecule has 5 atom stereocenters. The molecular formula is C77H150O17P2. The molecule has 0 aromatic rings. The van der Waals surface area contributed by atoms with Gasteiger partial charge in [0.2, 0.25) is 0 Å². The zero-order valence-corrected chi connectivity index (χ0v) is 64.5. The van der Waals surface area contributed by atoms with Crippen molar-refractivity contribution in [1.29, 1.82) is 0 Å². The Labute approximate surface area is 588 Å². The van der Waals surface area contributed by atoms with Gasteiger partial charge in [-0.2, -0.15) is 0 Å². The molecule has 0 saturated carbocycles. The molecule has 0 spiro atoms. The molecule has 0 amide bonds. The maximum atomic E-state index is 13.1. The average Bonchev–Trinajstić information content (AvgIpc) is 2.32. The summed E-state index contributed by atoms with van der Waals surface area (Å²) in [5, 5.41) is 10.6. The van der Waals surface area contributed by atoms with Crippen LogP contribution in [-0.2, 0) is 65.4 Å². The summed E-state index contributed by atoms with van der Waals surface area (Å²) in [6.07, 6.45) is 56.9. The van der Waals surface area contributed by atoms with Crippen LogP contribution in [0.25, 0.3) is 0 Å². The monoisotopic (exact) mass is 1410 g/mol. The van der Waals surface area contributed by atoms with Gasteiger partial charge in [-0.1, -0.05) is 350 Å². The van der Waals surface area contributed by atoms with E-state index in [2.05, 4.69) is 41.5 Å². The largest absolute Gasteiger partial charge is 0.472 e. The Morgan fingerprint density at radius 2 is 0.479 bits per heavy atom. The summed E-state index contributed by atoms with van der Waals surface area (Å²) >= 11 is 0. The van der Waals surface area contributed by atoms with E-state index in [1.807, 2.05) is 0 Å². The number of unbranched alkanes of at least 4 members (excludes halogenated alkanes) is 46. The standard InChI is InChI=1S/C77H150O17P2/c1-7-9-11-13-15-17-19-20-21-22-23-24-25-26-30-37-43-49-55-61-76(81)93-72(65-88-75(80)60-54-48-42-36-31-27-29-33-39-45-51-57-69(3)4)67-91-95(83,84)89-63-71(78)64-90-96(85,86)92-68-73(66-87-74(79)59-53-47-41-35-28-18-16-14-12-10-8-2)94-77(82)62-56-50-44-38-32-34-40-46-52-58-70(5)6/h69-73,78H,7-68H2,1-6H3,(H,83,84)(H,85,86)/t71-,72-,73-/m1/s1. The van der Waals surface area contributed by atoms with Crippen LogP contribution in [0.2, 0.25) is 0 Å². The van der Waals surface area contributed by atoms with Crippen LogP contribution in [0, 0.1) is 11.8 Å². The first-order valence-electron chi connectivity index (χ1n) is 40.0. The van der Waals surface area contributed by atoms with E-state index in [1.165, 1.54) is 218 Å². The molecule has 0 aliphatic carbocycles. The van der Waals surface area contributed by atoms with Crippen molar-refractivity contribution in [2.75, 3.05) is 39.6 Å². The SMILES string of the molecule is CCCCCCCCCCCCCCCCCCCCCC(=O)O[C@H](COC(=O)CCCCCCCCCCCCCC(C)C)COP(=O)(O)OC[C@@H](O)COP(=O)(O)OC[C@@H](COC(=O)CCCCCCCCCCCCC)OC(=O)CCCCCCCCCCCC(C)C. The van der Waals surface area contributed by atoms with E-state index < -0.39 is 97.5 Å². The normalized spacial score (nSPS) is 14.0. The zero-order valence-electron chi connectivity index (χ0n) is 62.7. The molecule has 0 aliphatic heterocycles. The molecule has 3 N–H and O–H groups in total. The molecule has 17 nitrogen and oxygen atoms in total. The molecule has 0 rings (SSSR count). The van der Waals surface area contributed by atoms with Gasteiger partial charge in [-0.25, -0.2) is 9.13 Å². The summed E-state index contributed by atoms with van der Waals surface area (Å²) in [5.41, 5.74) is 0. The Morgan fingerprint density at radius 3 is 0.708 bits per heavy atom. The Hall–Kier alpha value is -1.94. The number of carbonyl (C=O) groups excluding carboxylic acids is 4. The first-order chi connectivity index (χ1) is 46.4. The predicted octanol–water partition coefficient (Wildman–Crippen LogP) is 22.7. The van der Waals surface area contributed by atoms with E-state index in [9.17, 15) is 43.2 Å². The van der Waals surface area contributed by atoms with Gasteiger partial charge in [0.1, 0.15) is 19.3 Å². The number of carbonyl (C=O) groups is 4. The lowest BCUT2D eigenvalue weighted by Crippen LogP contribution is -2.30. The molecule has 0 aliphatic rings. The summed E-state index contributed by atoms with van der Waals surface area (Å²) in [7, 11) is -9.91. The molecule has 96 heavy (non-hydrogen) atoms. The fourth-order valence-electron chi connectivity index (χ4n) is 11.8. The minimum atomic E-state index is -4.96. The van der Waals surface area contributed by atoms with Crippen LogP contribution in [0.5, 0.6) is 0 Å². The molecular weight excluding hydrogens is 1260 g/mol. The molecule has 0 heterocycles. The van der Waals surface area contributed by atoms with Gasteiger partial charge >= 0.3 is 39.5 Å². The summed E-state index contributed by atoms with van der Waals surface area (Å²) in [5.74, 6) is -0.606. The number of hydrogen-bond acceptors (Lipinski definition) is 15. The molecule has 0 fully saturated rings. The smallest absolute Gasteiger partial charge is 0.462 e. The Bertz CT molecular complexity index is 1860. The van der Waals surface area contributed by atoms with E-state index in [-0.39, 0.29) is 25.7 Å². The highest BCUT2D eigenvalue weighted by Gasteiger charge is 2.30. The minimum absolute atomic E-state index is 0.106. The van der Waals surface area contributed by atoms with Crippen LogP contribution in [0.3, 0.4) is 0 Å². The summed E-state index contributed by atoms with van der Waals surface area (Å²) in [4.78, 5) is 72.8. The lowest BCUT2D eigenvalue weighted by atomic mass is 10.0. The van der Waals surface area contributed by atoms with Crippen molar-refractivity contribution < 1.29 is 80.2 Å². The lowest BCUT2D eigenvalue weighted by molar-refractivity contribution is -0.161. The number of hydrogen-bond donors (Lipinski definition) is 3. The van der Waals surface area contributed by atoms with Crippen LogP contribution in [0.15, 0.2) is 0 Å². The highest BCUT2D eigenvalue weighted by Crippen LogP contribution is 2.45. The average molecular weight is 1410 g/mol. The van der Waals surface area contributed by atoms with Crippen molar-refractivity contribution in [3.8, 4) is 0 Å². The molecule has 2 unspecified atom stereocenters. The maximum Gasteiger partial charge on any atom is 0.472 e. The van der Waals surface area contributed by atoms with Gasteiger partial charge in [0.25, 0.3) is 0 Å². The second kappa shape index (κ2) is 68.8. The number of phosphoric acid groups is 2. The quantitative estimate of drug-likeness (QED) is 0.0222. The second-order valence-corrected chi connectivity index (χ2v) is 31.6. The van der Waals surface area contributed by atoms with Crippen molar-refractivity contribution in [3.63, 3.8) is 0 Å². The first kappa shape index (κ1) is 94.1. The third-order valence-corrected chi connectivity index (χ3v) is 19.9. The fraction of sp³-hybridized carbons (Fsp3) is 0.948. The first-order valence-corrected chi connectivity index (χ1v) is 43.0. The van der Waals surface area contributed by atoms with E-state index in [0.29, 0.717) is 25.7 Å². The molecule has 19 heteroatoms. The molecule has 0 saturated heterocycles. The second-order valence-electron chi connectivity index (χ2n) is 28.7. The predicted molar refractivity (Wildman–Crippen MR) is 391 cm³/mol. The van der Waals surface area contributed by atoms with Crippen LogP contribution in [-0.4, -0.2) is 96.7 Å². The van der Waals surface area contributed by atoms with Gasteiger partial charge < -0.3 is 33.8 Å². The van der Waals surface area contributed by atoms with Crippen LogP contribution in [0.4, 0.5) is 0 Å². The zero-order chi connectivity index (χ0) is 70.7. The van der Waals surface area contributed by atoms with Gasteiger partial charge in [-0.15, -0.1) is 0 Å². The van der Waals surface area contributed by atoms with Gasteiger partial charge in [0.15, 0.2) is 12.2 Å². The fourth-order valence-corrected chi connectivity index (χ4v) is 13.4. The molecule has 0 bridgehead atoms. The van der Waals surface area contributed by atoms with Crippen LogP contribution >= 0.6 is 15.6 Å². The van der Waals surface area contributed by atoms with Gasteiger partial charge in [-0.05, 0) is 37.5 Å². The number of phosphoric ester groups is 2. The Morgan fingerprint density at radius 1 is 0.281 bits per heavy atom. The number of esters is 4. The summed E-state index contributed by atoms with van der Waals surface area (Å²) < 4.78 is 68.6. The molecule has 0 aromatic heterocycles. The van der Waals surface area contributed by atoms with Gasteiger partial charge in [-0.3, -0.25) is 37.3 Å². The van der Waals surface area contributed by atoms with Crippen molar-refractivity contribution >= 4 is 39.5 Å². The van der Waals surface area contributed by atoms with Crippen molar-refractivity contribution in [2.45, 2.75) is 419 Å². The van der Waals surface area contributed by atoms with E-state index in [1.54, 1.807) is 0 Å². The topological polar surface area (TPSA) is 237 Å². The molecule has 570 valence electrons. The molecule has 0 aromatic carbocycles. The number of aliphatic hydroxyl groups is 1. The summed E-state index contributed by atoms with van der Waals surface area (Å²) in [6, 6.07) is 0. The van der Waals surface area contributed by atoms with Gasteiger partial charge in [0, 0.05) is 25.7 Å². The van der Waals surface area contributed by atoms with E-state index >= 15 is 0 Å². The van der Waals surface area contributed by atoms with Crippen molar-refractivity contribution in [2.24, 2.45) is 11.8 Å². The van der Waals surface area contributed by atoms with E-state index in [4.69, 9.17) is 37.0 Å². The van der Waals surface area contributed by atoms with Crippen LogP contribution in [0.1, 0.15) is 401 Å². The summed E-state index contributed by atoms with van der Waals surface area (Å²) in [6.45, 7) is 9.58. The maximum absolute atomic E-state index is 13.1. The lowest BCUT2D eigenvalue weighted by Gasteiger charge is -2.21. The number of aliphatic hydroxyl groups excluding tert-OH is 1. The Balaban J connectivity index is 5.24. The van der Waals surface area contributed by atoms with Crippen molar-refractivity contribution in [1.82, 2.24) is 0 Å². The van der Waals surface area contributed by atoms with E-state index in [0.717, 1.165) is 102 Å². The number of rotatable bonds is 76. The third-order valence-electron chi connectivity index (χ3n) is 18.0. The number of ether oxygens (including phenoxy) is 4. The van der Waals surface area contributed by atoms with Crippen LogP contribution < -0.4 is 0 Å².